The number of nitrogens with zero attached hydrogens (tertiary/aromatic N) is 4. The first-order valence-electron chi connectivity index (χ1n) is 10.2. The van der Waals surface area contributed by atoms with E-state index in [1.165, 1.54) is 0 Å². The van der Waals surface area contributed by atoms with Gasteiger partial charge in [0.1, 0.15) is 17.7 Å². The average molecular weight is 425 g/mol. The maximum absolute atomic E-state index is 12.1. The second-order valence-corrected chi connectivity index (χ2v) is 9.26. The summed E-state index contributed by atoms with van der Waals surface area (Å²) in [5.74, 6) is 1.29. The highest BCUT2D eigenvalue weighted by molar-refractivity contribution is 7.90. The minimum Gasteiger partial charge on any atom is -0.610 e. The molecule has 4 aromatic heterocycles. The highest BCUT2D eigenvalue weighted by atomic mass is 32.2. The maximum Gasteiger partial charge on any atom is 0.246 e. The van der Waals surface area contributed by atoms with Gasteiger partial charge in [0.2, 0.25) is 5.03 Å². The van der Waals surface area contributed by atoms with Crippen molar-refractivity contribution in [1.29, 1.82) is 0 Å². The van der Waals surface area contributed by atoms with Crippen molar-refractivity contribution < 1.29 is 13.8 Å². The Morgan fingerprint density at radius 3 is 2.73 bits per heavy atom. The molecule has 0 amide bonds. The summed E-state index contributed by atoms with van der Waals surface area (Å²) in [4.78, 5) is 9.57. The van der Waals surface area contributed by atoms with Gasteiger partial charge in [0.25, 0.3) is 0 Å². The zero-order chi connectivity index (χ0) is 20.8. The lowest BCUT2D eigenvalue weighted by Gasteiger charge is -2.23. The maximum atomic E-state index is 12.1. The Bertz CT molecular complexity index is 1200. The first kappa shape index (κ1) is 19.5. The fourth-order valence-corrected chi connectivity index (χ4v) is 4.84. The molecule has 1 atom stereocenters. The number of hydrogen-bond donors (Lipinski definition) is 0. The summed E-state index contributed by atoms with van der Waals surface area (Å²) in [6.45, 7) is 6.28. The smallest absolute Gasteiger partial charge is 0.246 e. The second-order valence-electron chi connectivity index (χ2n) is 7.93. The van der Waals surface area contributed by atoms with Gasteiger partial charge in [-0.1, -0.05) is 5.16 Å². The molecule has 0 saturated carbocycles. The van der Waals surface area contributed by atoms with Gasteiger partial charge in [-0.25, -0.2) is 0 Å². The Labute approximate surface area is 177 Å². The molecule has 156 valence electrons. The van der Waals surface area contributed by atoms with Gasteiger partial charge in [0.15, 0.2) is 0 Å². The Hall–Kier alpha value is -2.42. The van der Waals surface area contributed by atoms with Crippen molar-refractivity contribution in [1.82, 2.24) is 19.7 Å². The third-order valence-electron chi connectivity index (χ3n) is 5.92. The minimum atomic E-state index is -1.14. The van der Waals surface area contributed by atoms with Crippen molar-refractivity contribution in [2.75, 3.05) is 19.5 Å². The predicted molar refractivity (Wildman–Crippen MR) is 116 cm³/mol. The monoisotopic (exact) mass is 424 g/mol. The highest BCUT2D eigenvalue weighted by Crippen LogP contribution is 2.34. The van der Waals surface area contributed by atoms with Crippen LogP contribution in [0.1, 0.15) is 24.3 Å². The van der Waals surface area contributed by atoms with Crippen LogP contribution in [0.4, 0.5) is 0 Å². The Kier molecular flexibility index (Phi) is 5.00. The van der Waals surface area contributed by atoms with Crippen LogP contribution in [-0.4, -0.2) is 43.7 Å². The average Bonchev–Trinajstić information content (AvgIpc) is 3.25. The van der Waals surface area contributed by atoms with Crippen LogP contribution in [0.5, 0.6) is 0 Å². The molecule has 8 heteroatoms. The lowest BCUT2D eigenvalue weighted by atomic mass is 10.0. The summed E-state index contributed by atoms with van der Waals surface area (Å²) in [6.07, 6.45) is 5.58. The summed E-state index contributed by atoms with van der Waals surface area (Å²) < 4.78 is 25.2. The van der Waals surface area contributed by atoms with Crippen molar-refractivity contribution in [2.24, 2.45) is 5.92 Å². The van der Waals surface area contributed by atoms with Crippen LogP contribution in [0.25, 0.3) is 33.2 Å². The third-order valence-corrected chi connectivity index (χ3v) is 6.73. The largest absolute Gasteiger partial charge is 0.610 e. The van der Waals surface area contributed by atoms with Gasteiger partial charge in [-0.3, -0.25) is 4.98 Å². The molecule has 0 bridgehead atoms. The molecular weight excluding hydrogens is 400 g/mol. The lowest BCUT2D eigenvalue weighted by Crippen LogP contribution is -2.20. The van der Waals surface area contributed by atoms with Crippen molar-refractivity contribution in [3.8, 4) is 11.1 Å². The zero-order valence-corrected chi connectivity index (χ0v) is 18.2. The van der Waals surface area contributed by atoms with Gasteiger partial charge < -0.3 is 18.4 Å². The fourth-order valence-electron chi connectivity index (χ4n) is 4.37. The SMILES string of the molecule is Cc1noc(C)c1-c1cnc2c3ccc([S+](C)[O-])nc3n(CC3CCOCC3)c2c1. The zero-order valence-electron chi connectivity index (χ0n) is 17.3. The second kappa shape index (κ2) is 7.68. The minimum absolute atomic E-state index is 0.512. The third kappa shape index (κ3) is 3.29. The quantitative estimate of drug-likeness (QED) is 0.460. The molecule has 1 aliphatic rings. The molecule has 7 nitrogen and oxygen atoms in total. The van der Waals surface area contributed by atoms with Crippen molar-refractivity contribution in [3.05, 3.63) is 35.9 Å². The molecule has 30 heavy (non-hydrogen) atoms. The van der Waals surface area contributed by atoms with Crippen LogP contribution in [0.15, 0.2) is 33.9 Å². The first-order valence-corrected chi connectivity index (χ1v) is 11.7. The van der Waals surface area contributed by atoms with E-state index in [2.05, 4.69) is 15.8 Å². The molecule has 0 aromatic carbocycles. The molecule has 5 rings (SSSR count). The summed E-state index contributed by atoms with van der Waals surface area (Å²) in [5, 5.41) is 5.66. The number of pyridine rings is 2. The summed E-state index contributed by atoms with van der Waals surface area (Å²) in [5.41, 5.74) is 5.59. The molecule has 0 spiro atoms. The van der Waals surface area contributed by atoms with Gasteiger partial charge in [-0.05, 0) is 44.7 Å². The van der Waals surface area contributed by atoms with Crippen LogP contribution in [0, 0.1) is 19.8 Å². The number of aromatic nitrogens is 4. The highest BCUT2D eigenvalue weighted by Gasteiger charge is 2.22. The van der Waals surface area contributed by atoms with Crippen molar-refractivity contribution in [3.63, 3.8) is 0 Å². The first-order chi connectivity index (χ1) is 14.5. The van der Waals surface area contributed by atoms with Gasteiger partial charge in [-0.2, -0.15) is 4.98 Å². The fraction of sp³-hybridized carbons (Fsp3) is 0.409. The molecule has 1 saturated heterocycles. The molecule has 1 fully saturated rings. The van der Waals surface area contributed by atoms with E-state index in [1.54, 1.807) is 6.26 Å². The number of hydrogen-bond acceptors (Lipinski definition) is 6. The molecule has 1 aliphatic heterocycles. The molecule has 5 heterocycles. The van der Waals surface area contributed by atoms with Crippen LogP contribution in [0.2, 0.25) is 0 Å². The number of aryl methyl sites for hydroxylation is 2. The lowest BCUT2D eigenvalue weighted by molar-refractivity contribution is 0.0619. The summed E-state index contributed by atoms with van der Waals surface area (Å²) in [7, 11) is 0. The topological polar surface area (TPSA) is 89.0 Å². The van der Waals surface area contributed by atoms with E-state index in [4.69, 9.17) is 19.2 Å². The van der Waals surface area contributed by atoms with Crippen molar-refractivity contribution >= 4 is 33.2 Å². The number of rotatable bonds is 4. The van der Waals surface area contributed by atoms with Crippen LogP contribution in [-0.2, 0) is 22.5 Å². The number of fused-ring (bicyclic) bond motifs is 3. The van der Waals surface area contributed by atoms with Crippen LogP contribution < -0.4 is 0 Å². The summed E-state index contributed by atoms with van der Waals surface area (Å²) in [6, 6.07) is 5.98. The van der Waals surface area contributed by atoms with E-state index >= 15 is 0 Å². The Morgan fingerprint density at radius 1 is 1.23 bits per heavy atom. The molecule has 1 unspecified atom stereocenters. The standard InChI is InChI=1S/C22H24N4O3S/c1-13-20(14(2)29-25-13)16-10-18-21(23-11-16)17-4-5-19(30(3)27)24-22(17)26(18)12-15-6-8-28-9-7-15/h4-5,10-11,15H,6-9,12H2,1-3H3. The van der Waals surface area contributed by atoms with E-state index in [9.17, 15) is 4.55 Å². The Morgan fingerprint density at radius 2 is 2.03 bits per heavy atom. The Balaban J connectivity index is 1.73. The van der Waals surface area contributed by atoms with E-state index in [0.29, 0.717) is 10.9 Å². The van der Waals surface area contributed by atoms with Crippen molar-refractivity contribution in [2.45, 2.75) is 38.3 Å². The molecular formula is C22H24N4O3S. The van der Waals surface area contributed by atoms with E-state index in [0.717, 1.165) is 77.2 Å². The molecule has 0 N–H and O–H groups in total. The van der Waals surface area contributed by atoms with Crippen LogP contribution >= 0.6 is 0 Å². The normalized spacial score (nSPS) is 16.5. The van der Waals surface area contributed by atoms with Gasteiger partial charge in [0, 0.05) is 59.7 Å². The van der Waals surface area contributed by atoms with Gasteiger partial charge in [-0.15, -0.1) is 0 Å². The predicted octanol–water partition coefficient (Wildman–Crippen LogP) is 4.02. The van der Waals surface area contributed by atoms with E-state index in [1.807, 2.05) is 32.2 Å². The van der Waals surface area contributed by atoms with Gasteiger partial charge >= 0.3 is 0 Å². The van der Waals surface area contributed by atoms with Gasteiger partial charge in [0.05, 0.1) is 16.7 Å². The number of ether oxygens (including phenoxy) is 1. The summed E-state index contributed by atoms with van der Waals surface area (Å²) >= 11 is -1.14. The molecule has 4 aromatic rings. The van der Waals surface area contributed by atoms with E-state index in [-0.39, 0.29) is 0 Å². The molecule has 0 radical (unpaired) electrons. The van der Waals surface area contributed by atoms with Crippen LogP contribution in [0.3, 0.4) is 0 Å². The molecule has 0 aliphatic carbocycles. The van der Waals surface area contributed by atoms with E-state index < -0.39 is 11.2 Å².